The molecule has 0 spiro atoms. The van der Waals surface area contributed by atoms with E-state index in [2.05, 4.69) is 59.6 Å². The summed E-state index contributed by atoms with van der Waals surface area (Å²) in [6.45, 7) is 6.48. The average Bonchev–Trinajstić information content (AvgIpc) is 3.42. The second kappa shape index (κ2) is 7.37. The largest absolute Gasteiger partial charge is 0.370 e. The molecule has 0 unspecified atom stereocenters. The second-order valence-electron chi connectivity index (χ2n) is 8.81. The van der Waals surface area contributed by atoms with Gasteiger partial charge in [-0.1, -0.05) is 6.92 Å². The Balaban J connectivity index is 1.33. The summed E-state index contributed by atoms with van der Waals surface area (Å²) in [5, 5.41) is 7.10. The summed E-state index contributed by atoms with van der Waals surface area (Å²) in [5.74, 6) is 2.72. The molecule has 2 saturated heterocycles. The topological polar surface area (TPSA) is 78.2 Å². The zero-order valence-corrected chi connectivity index (χ0v) is 17.6. The number of fused-ring (bicyclic) bond motifs is 1. The maximum Gasteiger partial charge on any atom is 0.180 e. The van der Waals surface area contributed by atoms with Crippen LogP contribution in [0.25, 0.3) is 17.2 Å². The lowest BCUT2D eigenvalue weighted by Crippen LogP contribution is -2.39. The quantitative estimate of drug-likeness (QED) is 0.552. The molecular weight excluding hydrogens is 388 g/mol. The minimum absolute atomic E-state index is 0.454. The zero-order valence-electron chi connectivity index (χ0n) is 17.6. The Kier molecular flexibility index (Phi) is 4.36. The van der Waals surface area contributed by atoms with Crippen LogP contribution < -0.4 is 9.80 Å². The third kappa shape index (κ3) is 3.32. The molecule has 0 saturated carbocycles. The van der Waals surface area contributed by atoms with Gasteiger partial charge in [0.05, 0.1) is 18.1 Å². The fraction of sp³-hybridized carbons (Fsp3) is 0.391. The van der Waals surface area contributed by atoms with E-state index in [0.29, 0.717) is 17.7 Å². The normalized spacial score (nSPS) is 21.5. The first kappa shape index (κ1) is 18.4. The smallest absolute Gasteiger partial charge is 0.180 e. The van der Waals surface area contributed by atoms with Crippen molar-refractivity contribution in [2.24, 2.45) is 5.92 Å². The van der Waals surface area contributed by atoms with E-state index in [1.54, 1.807) is 0 Å². The molecule has 0 radical (unpaired) electrons. The maximum absolute atomic E-state index is 4.96. The Bertz CT molecular complexity index is 1190. The molecule has 4 aromatic rings. The predicted octanol–water partition coefficient (Wildman–Crippen LogP) is 3.35. The van der Waals surface area contributed by atoms with Gasteiger partial charge in [0.1, 0.15) is 17.2 Å². The van der Waals surface area contributed by atoms with Gasteiger partial charge in [0.15, 0.2) is 5.82 Å². The standard InChI is InChI=1S/C23H26N8/c1-16-9-17(18-10-26-27-11-18)14-30(13-16)22-5-6-24-23(28-22)20-12-25-21-4-3-19(15-31(20)21)29-7-2-8-29/h3-6,10-12,15-17H,2,7-9,13-14H2,1H3,(H,26,27)/t16-,17+/m1/s1. The average molecular weight is 415 g/mol. The number of nitrogens with one attached hydrogen (secondary N) is 1. The number of nitrogens with zero attached hydrogens (tertiary/aromatic N) is 7. The van der Waals surface area contributed by atoms with Crippen LogP contribution in [-0.2, 0) is 0 Å². The molecule has 6 heterocycles. The number of piperidine rings is 1. The van der Waals surface area contributed by atoms with Crippen molar-refractivity contribution < 1.29 is 0 Å². The summed E-state index contributed by atoms with van der Waals surface area (Å²) in [5.41, 5.74) is 4.34. The summed E-state index contributed by atoms with van der Waals surface area (Å²) in [6, 6.07) is 6.24. The number of H-pyrrole nitrogens is 1. The van der Waals surface area contributed by atoms with Crippen molar-refractivity contribution in [3.63, 3.8) is 0 Å². The van der Waals surface area contributed by atoms with Gasteiger partial charge in [-0.25, -0.2) is 15.0 Å². The number of aromatic amines is 1. The molecule has 0 aromatic carbocycles. The number of rotatable bonds is 4. The molecule has 0 aliphatic carbocycles. The number of aromatic nitrogens is 6. The predicted molar refractivity (Wildman–Crippen MR) is 120 cm³/mol. The molecule has 8 heteroatoms. The molecule has 2 atom stereocenters. The minimum Gasteiger partial charge on any atom is -0.370 e. The maximum atomic E-state index is 4.96. The molecule has 4 aromatic heterocycles. The van der Waals surface area contributed by atoms with Crippen molar-refractivity contribution in [2.75, 3.05) is 36.0 Å². The van der Waals surface area contributed by atoms with E-state index >= 15 is 0 Å². The first-order valence-corrected chi connectivity index (χ1v) is 11.0. The lowest BCUT2D eigenvalue weighted by atomic mass is 9.87. The van der Waals surface area contributed by atoms with Crippen LogP contribution in [0.2, 0.25) is 0 Å². The highest BCUT2D eigenvalue weighted by atomic mass is 15.2. The second-order valence-corrected chi connectivity index (χ2v) is 8.81. The van der Waals surface area contributed by atoms with Crippen molar-refractivity contribution in [2.45, 2.75) is 25.7 Å². The Morgan fingerprint density at radius 3 is 2.77 bits per heavy atom. The van der Waals surface area contributed by atoms with Crippen LogP contribution in [0.1, 0.15) is 31.2 Å². The van der Waals surface area contributed by atoms with Crippen LogP contribution in [0, 0.1) is 5.92 Å². The van der Waals surface area contributed by atoms with E-state index in [4.69, 9.17) is 4.98 Å². The van der Waals surface area contributed by atoms with Crippen LogP contribution in [0.15, 0.2) is 49.2 Å². The third-order valence-electron chi connectivity index (χ3n) is 6.56. The van der Waals surface area contributed by atoms with Crippen LogP contribution in [0.5, 0.6) is 0 Å². The van der Waals surface area contributed by atoms with Crippen LogP contribution >= 0.6 is 0 Å². The van der Waals surface area contributed by atoms with E-state index in [-0.39, 0.29) is 0 Å². The van der Waals surface area contributed by atoms with Gasteiger partial charge in [0, 0.05) is 50.7 Å². The zero-order chi connectivity index (χ0) is 20.8. The summed E-state index contributed by atoms with van der Waals surface area (Å²) >= 11 is 0. The Hall–Kier alpha value is -3.42. The molecule has 158 valence electrons. The fourth-order valence-electron chi connectivity index (χ4n) is 4.81. The van der Waals surface area contributed by atoms with Gasteiger partial charge in [-0.15, -0.1) is 0 Å². The summed E-state index contributed by atoms with van der Waals surface area (Å²) in [7, 11) is 0. The van der Waals surface area contributed by atoms with Gasteiger partial charge in [-0.05, 0) is 42.5 Å². The summed E-state index contributed by atoms with van der Waals surface area (Å²) in [4.78, 5) is 18.9. The van der Waals surface area contributed by atoms with Gasteiger partial charge < -0.3 is 9.80 Å². The van der Waals surface area contributed by atoms with Crippen molar-refractivity contribution in [1.82, 2.24) is 29.5 Å². The van der Waals surface area contributed by atoms with Crippen molar-refractivity contribution in [1.29, 1.82) is 0 Å². The Morgan fingerprint density at radius 1 is 1.03 bits per heavy atom. The Morgan fingerprint density at radius 2 is 1.97 bits per heavy atom. The summed E-state index contributed by atoms with van der Waals surface area (Å²) in [6.07, 6.45) is 12.3. The molecule has 0 amide bonds. The van der Waals surface area contributed by atoms with E-state index < -0.39 is 0 Å². The number of hydrogen-bond donors (Lipinski definition) is 1. The van der Waals surface area contributed by atoms with E-state index in [9.17, 15) is 0 Å². The van der Waals surface area contributed by atoms with E-state index in [1.165, 1.54) is 24.1 Å². The van der Waals surface area contributed by atoms with Gasteiger partial charge >= 0.3 is 0 Å². The molecule has 2 fully saturated rings. The third-order valence-corrected chi connectivity index (χ3v) is 6.56. The molecular formula is C23H26N8. The van der Waals surface area contributed by atoms with Gasteiger partial charge in [0.25, 0.3) is 0 Å². The molecule has 2 aliphatic heterocycles. The van der Waals surface area contributed by atoms with Gasteiger partial charge in [0.2, 0.25) is 0 Å². The molecule has 1 N–H and O–H groups in total. The Labute approximate surface area is 181 Å². The highest BCUT2D eigenvalue weighted by Gasteiger charge is 2.27. The van der Waals surface area contributed by atoms with Crippen LogP contribution in [0.4, 0.5) is 11.5 Å². The molecule has 31 heavy (non-hydrogen) atoms. The lowest BCUT2D eigenvalue weighted by molar-refractivity contribution is 0.400. The molecule has 0 bridgehead atoms. The minimum atomic E-state index is 0.454. The van der Waals surface area contributed by atoms with Crippen LogP contribution in [0.3, 0.4) is 0 Å². The molecule has 6 rings (SSSR count). The molecule has 2 aliphatic rings. The van der Waals surface area contributed by atoms with Crippen molar-refractivity contribution in [3.05, 3.63) is 54.7 Å². The van der Waals surface area contributed by atoms with Crippen molar-refractivity contribution in [3.8, 4) is 11.5 Å². The first-order chi connectivity index (χ1) is 15.2. The molecule has 8 nitrogen and oxygen atoms in total. The van der Waals surface area contributed by atoms with E-state index in [0.717, 1.165) is 43.3 Å². The van der Waals surface area contributed by atoms with E-state index in [1.807, 2.05) is 30.9 Å². The lowest BCUT2D eigenvalue weighted by Gasteiger charge is -2.37. The van der Waals surface area contributed by atoms with Gasteiger partial charge in [-0.3, -0.25) is 9.50 Å². The number of hydrogen-bond acceptors (Lipinski definition) is 6. The number of pyridine rings is 1. The number of anilines is 2. The summed E-state index contributed by atoms with van der Waals surface area (Å²) < 4.78 is 2.11. The fourth-order valence-corrected chi connectivity index (χ4v) is 4.81. The first-order valence-electron chi connectivity index (χ1n) is 11.0. The van der Waals surface area contributed by atoms with Gasteiger partial charge in [-0.2, -0.15) is 5.10 Å². The monoisotopic (exact) mass is 414 g/mol. The van der Waals surface area contributed by atoms with Crippen LogP contribution in [-0.4, -0.2) is 55.7 Å². The SMILES string of the molecule is C[C@@H]1C[C@H](c2cn[nH]c2)CN(c2ccnc(-c3cnc4ccc(N5CCC5)cn34)n2)C1. The van der Waals surface area contributed by atoms with Crippen molar-refractivity contribution >= 4 is 17.2 Å². The highest BCUT2D eigenvalue weighted by molar-refractivity contribution is 5.62. The number of imidazole rings is 1. The highest BCUT2D eigenvalue weighted by Crippen LogP contribution is 2.32.